The molecule has 0 aliphatic carbocycles. The fourth-order valence-electron chi connectivity index (χ4n) is 4.68. The largest absolute Gasteiger partial charge is 0.493 e. The number of ketones is 1. The van der Waals surface area contributed by atoms with Crippen LogP contribution in [0.2, 0.25) is 0 Å². The standard InChI is InChI=1S/C29H26N2O5/c1-35-26-13-12-20(16-27(26)36-2)19-31-24-11-4-3-10-23(24)29(34,28(31)33)18-25(32)21-8-7-9-22(17-21)30-14-5-6-15-30/h3-17,34H,18-19H2,1-2H3/t29-/m1/s1. The second-order valence-electron chi connectivity index (χ2n) is 8.70. The molecule has 0 bridgehead atoms. The molecule has 0 radical (unpaired) electrons. The Bertz CT molecular complexity index is 1430. The van der Waals surface area contributed by atoms with Gasteiger partial charge >= 0.3 is 0 Å². The maximum Gasteiger partial charge on any atom is 0.264 e. The maximum absolute atomic E-state index is 13.7. The van der Waals surface area contributed by atoms with E-state index in [4.69, 9.17) is 9.47 Å². The average molecular weight is 483 g/mol. The number of aromatic nitrogens is 1. The molecular formula is C29H26N2O5. The van der Waals surface area contributed by atoms with E-state index in [1.807, 2.05) is 47.3 Å². The highest BCUT2D eigenvalue weighted by Crippen LogP contribution is 2.44. The lowest BCUT2D eigenvalue weighted by Gasteiger charge is -2.23. The number of Topliss-reactive ketones (excluding diaryl/α,β-unsaturated/α-hetero) is 1. The number of hydrogen-bond donors (Lipinski definition) is 1. The van der Waals surface area contributed by atoms with Crippen molar-refractivity contribution in [3.05, 3.63) is 108 Å². The molecule has 1 aromatic heterocycles. The van der Waals surface area contributed by atoms with Crippen LogP contribution in [0.5, 0.6) is 11.5 Å². The molecule has 36 heavy (non-hydrogen) atoms. The smallest absolute Gasteiger partial charge is 0.264 e. The lowest BCUT2D eigenvalue weighted by atomic mass is 9.88. The van der Waals surface area contributed by atoms with Crippen molar-refractivity contribution in [2.75, 3.05) is 19.1 Å². The molecule has 3 aromatic carbocycles. The van der Waals surface area contributed by atoms with Gasteiger partial charge in [0.25, 0.3) is 5.91 Å². The zero-order chi connectivity index (χ0) is 25.3. The van der Waals surface area contributed by atoms with Crippen LogP contribution in [0, 0.1) is 0 Å². The first-order valence-electron chi connectivity index (χ1n) is 11.6. The van der Waals surface area contributed by atoms with Crippen LogP contribution in [0.15, 0.2) is 91.3 Å². The van der Waals surface area contributed by atoms with Crippen molar-refractivity contribution in [2.45, 2.75) is 18.6 Å². The lowest BCUT2D eigenvalue weighted by Crippen LogP contribution is -2.41. The number of nitrogens with zero attached hydrogens (tertiary/aromatic N) is 2. The van der Waals surface area contributed by atoms with E-state index in [-0.39, 0.29) is 18.7 Å². The predicted octanol–water partition coefficient (Wildman–Crippen LogP) is 4.50. The van der Waals surface area contributed by atoms with E-state index in [0.29, 0.717) is 28.3 Å². The molecule has 0 unspecified atom stereocenters. The second-order valence-corrected chi connectivity index (χ2v) is 8.70. The molecule has 0 saturated heterocycles. The molecule has 1 atom stereocenters. The molecule has 182 valence electrons. The number of methoxy groups -OCH3 is 2. The molecule has 4 aromatic rings. The summed E-state index contributed by atoms with van der Waals surface area (Å²) >= 11 is 0. The van der Waals surface area contributed by atoms with Gasteiger partial charge in [-0.25, -0.2) is 0 Å². The Morgan fingerprint density at radius 3 is 2.39 bits per heavy atom. The third-order valence-corrected chi connectivity index (χ3v) is 6.52. The van der Waals surface area contributed by atoms with E-state index < -0.39 is 11.5 Å². The number of carbonyl (C=O) groups excluding carboxylic acids is 2. The number of rotatable bonds is 8. The van der Waals surface area contributed by atoms with Crippen molar-refractivity contribution in [1.82, 2.24) is 4.57 Å². The molecule has 0 fully saturated rings. The summed E-state index contributed by atoms with van der Waals surface area (Å²) in [6, 6.07) is 23.4. The van der Waals surface area contributed by atoms with E-state index >= 15 is 0 Å². The van der Waals surface area contributed by atoms with Gasteiger partial charge in [-0.1, -0.05) is 36.4 Å². The molecule has 1 amide bonds. The molecule has 2 heterocycles. The molecule has 0 spiro atoms. The molecule has 5 rings (SSSR count). The molecule has 1 N–H and O–H groups in total. The van der Waals surface area contributed by atoms with Crippen LogP contribution in [0.3, 0.4) is 0 Å². The molecule has 7 nitrogen and oxygen atoms in total. The summed E-state index contributed by atoms with van der Waals surface area (Å²) in [4.78, 5) is 28.5. The highest BCUT2D eigenvalue weighted by Gasteiger charge is 2.50. The Balaban J connectivity index is 1.44. The SMILES string of the molecule is COc1ccc(CN2C(=O)[C@@](O)(CC(=O)c3cccc(-n4cccc4)c3)c3ccccc32)cc1OC. The van der Waals surface area contributed by atoms with Crippen LogP contribution in [0.25, 0.3) is 5.69 Å². The van der Waals surface area contributed by atoms with Crippen molar-refractivity contribution < 1.29 is 24.2 Å². The molecule has 1 aliphatic heterocycles. The normalized spacial score (nSPS) is 16.6. The van der Waals surface area contributed by atoms with E-state index in [1.165, 1.54) is 4.90 Å². The Hall–Kier alpha value is -4.36. The van der Waals surface area contributed by atoms with Crippen LogP contribution in [0.1, 0.15) is 27.9 Å². The van der Waals surface area contributed by atoms with E-state index in [1.54, 1.807) is 62.8 Å². The third kappa shape index (κ3) is 4.03. The fourth-order valence-corrected chi connectivity index (χ4v) is 4.68. The average Bonchev–Trinajstić information content (AvgIpc) is 3.52. The first kappa shape index (κ1) is 23.4. The minimum atomic E-state index is -1.96. The second kappa shape index (κ2) is 9.36. The number of hydrogen-bond acceptors (Lipinski definition) is 5. The maximum atomic E-state index is 13.7. The highest BCUT2D eigenvalue weighted by atomic mass is 16.5. The summed E-state index contributed by atoms with van der Waals surface area (Å²) in [5.41, 5.74) is 1.09. The number of carbonyl (C=O) groups is 2. The molecule has 1 aliphatic rings. The van der Waals surface area contributed by atoms with Crippen molar-refractivity contribution >= 4 is 17.4 Å². The summed E-state index contributed by atoms with van der Waals surface area (Å²) in [6.07, 6.45) is 3.42. The lowest BCUT2D eigenvalue weighted by molar-refractivity contribution is -0.136. The predicted molar refractivity (Wildman–Crippen MR) is 136 cm³/mol. The molecular weight excluding hydrogens is 456 g/mol. The summed E-state index contributed by atoms with van der Waals surface area (Å²) < 4.78 is 12.6. The first-order chi connectivity index (χ1) is 17.4. The Morgan fingerprint density at radius 1 is 0.889 bits per heavy atom. The van der Waals surface area contributed by atoms with Gasteiger partial charge in [0, 0.05) is 29.2 Å². The van der Waals surface area contributed by atoms with Crippen LogP contribution in [-0.2, 0) is 16.9 Å². The van der Waals surface area contributed by atoms with Crippen molar-refractivity contribution in [3.63, 3.8) is 0 Å². The van der Waals surface area contributed by atoms with Gasteiger partial charge in [-0.2, -0.15) is 0 Å². The van der Waals surface area contributed by atoms with E-state index in [9.17, 15) is 14.7 Å². The highest BCUT2D eigenvalue weighted by molar-refractivity contribution is 6.10. The number of para-hydroxylation sites is 1. The quantitative estimate of drug-likeness (QED) is 0.374. The summed E-state index contributed by atoms with van der Waals surface area (Å²) in [7, 11) is 3.11. The Morgan fingerprint density at radius 2 is 1.64 bits per heavy atom. The van der Waals surface area contributed by atoms with Crippen LogP contribution in [-0.4, -0.2) is 35.6 Å². The van der Waals surface area contributed by atoms with Gasteiger partial charge in [0.15, 0.2) is 22.9 Å². The summed E-state index contributed by atoms with van der Waals surface area (Å²) in [5.74, 6) is 0.276. The Kier molecular flexibility index (Phi) is 6.08. The van der Waals surface area contributed by atoms with E-state index in [2.05, 4.69) is 0 Å². The fraction of sp³-hybridized carbons (Fsp3) is 0.172. The van der Waals surface area contributed by atoms with Gasteiger partial charge in [-0.15, -0.1) is 0 Å². The van der Waals surface area contributed by atoms with Gasteiger partial charge < -0.3 is 24.0 Å². The van der Waals surface area contributed by atoms with E-state index in [0.717, 1.165) is 11.3 Å². The van der Waals surface area contributed by atoms with Crippen LogP contribution in [0.4, 0.5) is 5.69 Å². The van der Waals surface area contributed by atoms with Crippen molar-refractivity contribution in [3.8, 4) is 17.2 Å². The zero-order valence-corrected chi connectivity index (χ0v) is 20.0. The van der Waals surface area contributed by atoms with Crippen molar-refractivity contribution in [1.29, 1.82) is 0 Å². The topological polar surface area (TPSA) is 81.0 Å². The monoisotopic (exact) mass is 482 g/mol. The number of benzene rings is 3. The minimum absolute atomic E-state index is 0.204. The third-order valence-electron chi connectivity index (χ3n) is 6.52. The summed E-state index contributed by atoms with van der Waals surface area (Å²) in [6.45, 7) is 0.204. The first-order valence-corrected chi connectivity index (χ1v) is 11.6. The van der Waals surface area contributed by atoms with Crippen molar-refractivity contribution in [2.24, 2.45) is 0 Å². The Labute approximate surface area is 209 Å². The number of amides is 1. The van der Waals surface area contributed by atoms with Gasteiger partial charge in [0.05, 0.1) is 32.9 Å². The number of aliphatic hydroxyl groups is 1. The number of ether oxygens (including phenoxy) is 2. The minimum Gasteiger partial charge on any atom is -0.493 e. The summed E-state index contributed by atoms with van der Waals surface area (Å²) in [5, 5.41) is 11.7. The van der Waals surface area contributed by atoms with Gasteiger partial charge in [0.1, 0.15) is 0 Å². The van der Waals surface area contributed by atoms with Gasteiger partial charge in [-0.3, -0.25) is 9.59 Å². The zero-order valence-electron chi connectivity index (χ0n) is 20.0. The number of anilines is 1. The molecule has 0 saturated carbocycles. The van der Waals surface area contributed by atoms with Crippen LogP contribution >= 0.6 is 0 Å². The number of fused-ring (bicyclic) bond motifs is 1. The van der Waals surface area contributed by atoms with Gasteiger partial charge in [0.2, 0.25) is 0 Å². The van der Waals surface area contributed by atoms with Crippen LogP contribution < -0.4 is 14.4 Å². The van der Waals surface area contributed by atoms with Gasteiger partial charge in [-0.05, 0) is 48.0 Å². The molecule has 7 heteroatoms.